The lowest BCUT2D eigenvalue weighted by atomic mass is 10.0. The molecule has 0 aromatic heterocycles. The van der Waals surface area contributed by atoms with Gasteiger partial charge >= 0.3 is 0 Å². The Balaban J connectivity index is 1.99. The molecule has 1 atom stereocenters. The molecule has 5 nitrogen and oxygen atoms in total. The van der Waals surface area contributed by atoms with E-state index in [4.69, 9.17) is 5.73 Å². The molecule has 0 aliphatic rings. The lowest BCUT2D eigenvalue weighted by Crippen LogP contribution is -2.22. The maximum absolute atomic E-state index is 12.0. The van der Waals surface area contributed by atoms with Gasteiger partial charge in [0.05, 0.1) is 6.54 Å². The van der Waals surface area contributed by atoms with Crippen molar-refractivity contribution in [2.45, 2.75) is 46.6 Å². The Morgan fingerprint density at radius 2 is 1.70 bits per heavy atom. The third-order valence-corrected chi connectivity index (χ3v) is 4.51. The molecule has 2 aromatic carbocycles. The van der Waals surface area contributed by atoms with Gasteiger partial charge in [-0.1, -0.05) is 52.0 Å². The summed E-state index contributed by atoms with van der Waals surface area (Å²) in [5, 5.41) is 6.08. The number of hydrogen-bond acceptors (Lipinski definition) is 2. The molecular formula is C22H30N4O. The quantitative estimate of drug-likeness (QED) is 0.490. The highest BCUT2D eigenvalue weighted by molar-refractivity contribution is 5.93. The largest absolute Gasteiger partial charge is 0.370 e. The van der Waals surface area contributed by atoms with Crippen molar-refractivity contribution in [3.05, 3.63) is 59.7 Å². The van der Waals surface area contributed by atoms with Crippen molar-refractivity contribution in [3.8, 4) is 0 Å². The Hall–Kier alpha value is -2.82. The Morgan fingerprint density at radius 1 is 1.04 bits per heavy atom. The minimum absolute atomic E-state index is 0.00637. The van der Waals surface area contributed by atoms with Gasteiger partial charge in [0.2, 0.25) is 5.91 Å². The second-order valence-electron chi connectivity index (χ2n) is 7.11. The van der Waals surface area contributed by atoms with E-state index in [9.17, 15) is 4.79 Å². The minimum Gasteiger partial charge on any atom is -0.370 e. The summed E-state index contributed by atoms with van der Waals surface area (Å²) in [5.41, 5.74) is 9.97. The maximum Gasteiger partial charge on any atom is 0.227 e. The van der Waals surface area contributed by atoms with E-state index in [-0.39, 0.29) is 11.8 Å². The van der Waals surface area contributed by atoms with Crippen LogP contribution in [0.15, 0.2) is 53.5 Å². The molecule has 0 spiro atoms. The van der Waals surface area contributed by atoms with Crippen LogP contribution in [0.25, 0.3) is 0 Å². The Morgan fingerprint density at radius 3 is 2.37 bits per heavy atom. The Kier molecular flexibility index (Phi) is 7.41. The van der Waals surface area contributed by atoms with E-state index in [1.54, 1.807) is 0 Å². The highest BCUT2D eigenvalue weighted by atomic mass is 16.1. The molecule has 0 aliphatic carbocycles. The summed E-state index contributed by atoms with van der Waals surface area (Å²) in [6, 6.07) is 15.8. The molecular weight excluding hydrogens is 336 g/mol. The summed E-state index contributed by atoms with van der Waals surface area (Å²) in [5.74, 6) is 0.848. The number of anilines is 2. The van der Waals surface area contributed by atoms with Gasteiger partial charge < -0.3 is 16.4 Å². The summed E-state index contributed by atoms with van der Waals surface area (Å²) >= 11 is 0. The van der Waals surface area contributed by atoms with Crippen LogP contribution in [-0.2, 0) is 11.3 Å². The van der Waals surface area contributed by atoms with Gasteiger partial charge in [-0.15, -0.1) is 0 Å². The maximum atomic E-state index is 12.0. The van der Waals surface area contributed by atoms with Crippen molar-refractivity contribution in [1.29, 1.82) is 0 Å². The van der Waals surface area contributed by atoms with E-state index >= 15 is 0 Å². The number of carbonyl (C=O) groups excluding carboxylic acids is 1. The van der Waals surface area contributed by atoms with Gasteiger partial charge in [-0.3, -0.25) is 4.79 Å². The zero-order valence-corrected chi connectivity index (χ0v) is 16.6. The molecule has 2 rings (SSSR count). The summed E-state index contributed by atoms with van der Waals surface area (Å²) in [6.07, 6.45) is 0.816. The standard InChI is InChI=1S/C22H30N4O/c1-5-16(4)21(27)25-19-10-6-8-17(12-19)14-24-22(23)26-20-11-7-9-18(13-20)15(2)3/h6-13,15-16H,5,14H2,1-4H3,(H,25,27)(H3,23,24,26). The van der Waals surface area contributed by atoms with Crippen LogP contribution < -0.4 is 16.4 Å². The minimum atomic E-state index is -0.00637. The first-order valence-electron chi connectivity index (χ1n) is 9.45. The fourth-order valence-electron chi connectivity index (χ4n) is 2.54. The van der Waals surface area contributed by atoms with Crippen molar-refractivity contribution in [1.82, 2.24) is 0 Å². The summed E-state index contributed by atoms with van der Waals surface area (Å²) in [7, 11) is 0. The lowest BCUT2D eigenvalue weighted by molar-refractivity contribution is -0.119. The Labute approximate surface area is 162 Å². The molecule has 0 fully saturated rings. The molecule has 0 radical (unpaired) electrons. The number of rotatable bonds is 7. The monoisotopic (exact) mass is 366 g/mol. The Bertz CT molecular complexity index is 798. The SMILES string of the molecule is CCC(C)C(=O)Nc1cccc(CN=C(N)Nc2cccc(C(C)C)c2)c1. The van der Waals surface area contributed by atoms with Crippen LogP contribution in [0.1, 0.15) is 51.2 Å². The fraction of sp³-hybridized carbons (Fsp3) is 0.364. The summed E-state index contributed by atoms with van der Waals surface area (Å²) in [6.45, 7) is 8.68. The number of benzene rings is 2. The molecule has 4 N–H and O–H groups in total. The number of nitrogens with one attached hydrogen (secondary N) is 2. The van der Waals surface area contributed by atoms with Gasteiger partial charge in [0, 0.05) is 17.3 Å². The summed E-state index contributed by atoms with van der Waals surface area (Å²) < 4.78 is 0. The highest BCUT2D eigenvalue weighted by Crippen LogP contribution is 2.18. The zero-order valence-electron chi connectivity index (χ0n) is 16.6. The van der Waals surface area contributed by atoms with Gasteiger partial charge in [-0.25, -0.2) is 4.99 Å². The molecule has 1 unspecified atom stereocenters. The number of nitrogens with zero attached hydrogens (tertiary/aromatic N) is 1. The predicted molar refractivity (Wildman–Crippen MR) is 114 cm³/mol. The molecule has 0 aliphatic heterocycles. The third kappa shape index (κ3) is 6.44. The number of nitrogens with two attached hydrogens (primary N) is 1. The van der Waals surface area contributed by atoms with E-state index in [1.807, 2.05) is 50.2 Å². The van der Waals surface area contributed by atoms with Crippen LogP contribution in [-0.4, -0.2) is 11.9 Å². The van der Waals surface area contributed by atoms with E-state index < -0.39 is 0 Å². The van der Waals surface area contributed by atoms with Crippen molar-refractivity contribution in [3.63, 3.8) is 0 Å². The molecule has 5 heteroatoms. The van der Waals surface area contributed by atoms with Gasteiger partial charge in [0.15, 0.2) is 5.96 Å². The summed E-state index contributed by atoms with van der Waals surface area (Å²) in [4.78, 5) is 16.4. The van der Waals surface area contributed by atoms with E-state index in [2.05, 4.69) is 41.6 Å². The van der Waals surface area contributed by atoms with Crippen molar-refractivity contribution in [2.75, 3.05) is 10.6 Å². The average molecular weight is 367 g/mol. The van der Waals surface area contributed by atoms with Gasteiger partial charge in [0.1, 0.15) is 0 Å². The molecule has 1 amide bonds. The normalized spacial score (nSPS) is 12.7. The highest BCUT2D eigenvalue weighted by Gasteiger charge is 2.10. The average Bonchev–Trinajstić information content (AvgIpc) is 2.66. The smallest absolute Gasteiger partial charge is 0.227 e. The lowest BCUT2D eigenvalue weighted by Gasteiger charge is -2.11. The predicted octanol–water partition coefficient (Wildman–Crippen LogP) is 4.72. The third-order valence-electron chi connectivity index (χ3n) is 4.51. The van der Waals surface area contributed by atoms with E-state index in [0.29, 0.717) is 18.4 Å². The molecule has 0 heterocycles. The first kappa shape index (κ1) is 20.5. The second-order valence-corrected chi connectivity index (χ2v) is 7.11. The number of carbonyl (C=O) groups is 1. The fourth-order valence-corrected chi connectivity index (χ4v) is 2.54. The number of aliphatic imine (C=N–C) groups is 1. The van der Waals surface area contributed by atoms with Crippen molar-refractivity contribution in [2.24, 2.45) is 16.6 Å². The van der Waals surface area contributed by atoms with Crippen molar-refractivity contribution >= 4 is 23.2 Å². The second kappa shape index (κ2) is 9.76. The van der Waals surface area contributed by atoms with Crippen LogP contribution in [0, 0.1) is 5.92 Å². The molecule has 0 saturated heterocycles. The zero-order chi connectivity index (χ0) is 19.8. The van der Waals surface area contributed by atoms with Crippen LogP contribution in [0.2, 0.25) is 0 Å². The number of amides is 1. The van der Waals surface area contributed by atoms with Gasteiger partial charge in [0.25, 0.3) is 0 Å². The molecule has 27 heavy (non-hydrogen) atoms. The molecule has 0 saturated carbocycles. The van der Waals surface area contributed by atoms with Crippen molar-refractivity contribution < 1.29 is 4.79 Å². The van der Waals surface area contributed by atoms with Crippen LogP contribution >= 0.6 is 0 Å². The first-order valence-corrected chi connectivity index (χ1v) is 9.45. The van der Waals surface area contributed by atoms with Crippen LogP contribution in [0.4, 0.5) is 11.4 Å². The molecule has 144 valence electrons. The van der Waals surface area contributed by atoms with Crippen LogP contribution in [0.5, 0.6) is 0 Å². The van der Waals surface area contributed by atoms with E-state index in [0.717, 1.165) is 23.4 Å². The topological polar surface area (TPSA) is 79.5 Å². The number of hydrogen-bond donors (Lipinski definition) is 3. The van der Waals surface area contributed by atoms with Crippen LogP contribution in [0.3, 0.4) is 0 Å². The first-order chi connectivity index (χ1) is 12.9. The van der Waals surface area contributed by atoms with Gasteiger partial charge in [-0.2, -0.15) is 0 Å². The molecule has 2 aromatic rings. The number of guanidine groups is 1. The van der Waals surface area contributed by atoms with Gasteiger partial charge in [-0.05, 0) is 47.7 Å². The molecule has 0 bridgehead atoms. The van der Waals surface area contributed by atoms with E-state index in [1.165, 1.54) is 5.56 Å².